The first kappa shape index (κ1) is 24.1. The Bertz CT molecular complexity index is 1190. The molecule has 2 aromatic carbocycles. The number of hydrogen-bond acceptors (Lipinski definition) is 5. The summed E-state index contributed by atoms with van der Waals surface area (Å²) < 4.78 is 7.32. The molecule has 1 heterocycles. The van der Waals surface area contributed by atoms with E-state index in [2.05, 4.69) is 10.3 Å². The van der Waals surface area contributed by atoms with Crippen LogP contribution in [0.4, 0.5) is 0 Å². The quantitative estimate of drug-likeness (QED) is 0.180. The Morgan fingerprint density at radius 1 is 1.24 bits per heavy atom. The lowest BCUT2D eigenvalue weighted by atomic mass is 10.1. The second-order valence-electron chi connectivity index (χ2n) is 7.38. The molecule has 0 spiro atoms. The lowest BCUT2D eigenvalue weighted by molar-refractivity contribution is 0.0690. The number of rotatable bonds is 10. The number of alkyl halides is 1. The molecular weight excluding hydrogens is 446 g/mol. The molecule has 0 radical (unpaired) electrons. The van der Waals surface area contributed by atoms with Gasteiger partial charge in [0.2, 0.25) is 0 Å². The summed E-state index contributed by atoms with van der Waals surface area (Å²) in [5, 5.41) is 12.4. The summed E-state index contributed by atoms with van der Waals surface area (Å²) >= 11 is 5.67. The van der Waals surface area contributed by atoms with Gasteiger partial charge in [-0.05, 0) is 37.1 Å². The van der Waals surface area contributed by atoms with Crippen molar-refractivity contribution < 1.29 is 19.4 Å². The fourth-order valence-corrected chi connectivity index (χ4v) is 3.70. The maximum Gasteiger partial charge on any atom is 0.336 e. The highest BCUT2D eigenvalue weighted by Crippen LogP contribution is 2.29. The molecule has 0 aliphatic heterocycles. The number of nitrogens with zero attached hydrogens (tertiary/aromatic N) is 3. The molecule has 10 heteroatoms. The number of aromatic nitrogens is 2. The Balaban J connectivity index is 1.95. The molecule has 0 saturated heterocycles. The molecule has 1 atom stereocenters. The highest BCUT2D eigenvalue weighted by Gasteiger charge is 2.24. The second kappa shape index (κ2) is 10.8. The van der Waals surface area contributed by atoms with Crippen LogP contribution < -0.4 is 15.8 Å². The molecule has 0 fully saturated rings. The van der Waals surface area contributed by atoms with E-state index in [1.807, 2.05) is 29.8 Å². The van der Waals surface area contributed by atoms with E-state index >= 15 is 0 Å². The Kier molecular flexibility index (Phi) is 7.89. The summed E-state index contributed by atoms with van der Waals surface area (Å²) in [4.78, 5) is 33.6. The van der Waals surface area contributed by atoms with Gasteiger partial charge < -0.3 is 25.5 Å². The number of hydrogen-bond donors (Lipinski definition) is 3. The first-order chi connectivity index (χ1) is 15.9. The minimum absolute atomic E-state index is 0.0695. The van der Waals surface area contributed by atoms with Crippen molar-refractivity contribution in [2.24, 2.45) is 17.8 Å². The fourth-order valence-electron chi connectivity index (χ4n) is 3.61. The number of aliphatic imine (C=N–C) groups is 1. The van der Waals surface area contributed by atoms with E-state index in [-0.39, 0.29) is 17.0 Å². The smallest absolute Gasteiger partial charge is 0.336 e. The molecule has 33 heavy (non-hydrogen) atoms. The van der Waals surface area contributed by atoms with Gasteiger partial charge in [-0.2, -0.15) is 0 Å². The van der Waals surface area contributed by atoms with Crippen molar-refractivity contribution >= 4 is 40.3 Å². The molecule has 9 nitrogen and oxygen atoms in total. The Labute approximate surface area is 196 Å². The zero-order valence-electron chi connectivity index (χ0n) is 18.4. The van der Waals surface area contributed by atoms with Crippen molar-refractivity contribution in [3.63, 3.8) is 0 Å². The molecule has 3 aromatic rings. The predicted octanol–water partition coefficient (Wildman–Crippen LogP) is 3.13. The maximum atomic E-state index is 13.1. The molecule has 0 saturated carbocycles. The lowest BCUT2D eigenvalue weighted by Crippen LogP contribution is -2.31. The normalized spacial score (nSPS) is 12.5. The molecular formula is C23H26ClN5O4. The average molecular weight is 472 g/mol. The van der Waals surface area contributed by atoms with Gasteiger partial charge in [-0.3, -0.25) is 9.79 Å². The number of amides is 1. The van der Waals surface area contributed by atoms with E-state index in [1.165, 1.54) is 12.1 Å². The van der Waals surface area contributed by atoms with Gasteiger partial charge in [0, 0.05) is 13.6 Å². The highest BCUT2D eigenvalue weighted by molar-refractivity contribution is 6.27. The van der Waals surface area contributed by atoms with Crippen molar-refractivity contribution in [2.45, 2.75) is 18.9 Å². The van der Waals surface area contributed by atoms with Gasteiger partial charge in [0.05, 0.1) is 35.7 Å². The molecule has 0 aliphatic carbocycles. The number of carboxylic acid groups (broad SMARTS) is 1. The number of benzene rings is 2. The van der Waals surface area contributed by atoms with Crippen LogP contribution in [0.2, 0.25) is 0 Å². The summed E-state index contributed by atoms with van der Waals surface area (Å²) in [7, 11) is 3.43. The number of fused-ring (bicyclic) bond motifs is 1. The molecule has 1 aromatic heterocycles. The number of amidine groups is 1. The van der Waals surface area contributed by atoms with Crippen LogP contribution in [0.5, 0.6) is 5.75 Å². The van der Waals surface area contributed by atoms with Crippen LogP contribution >= 0.6 is 11.6 Å². The van der Waals surface area contributed by atoms with Crippen LogP contribution in [0.25, 0.3) is 11.0 Å². The van der Waals surface area contributed by atoms with E-state index in [0.29, 0.717) is 42.3 Å². The van der Waals surface area contributed by atoms with Crippen LogP contribution in [0.3, 0.4) is 0 Å². The summed E-state index contributed by atoms with van der Waals surface area (Å²) in [6.07, 6.45) is 1.10. The predicted molar refractivity (Wildman–Crippen MR) is 127 cm³/mol. The molecule has 174 valence electrons. The number of nitrogens with one attached hydrogen (secondary N) is 1. The summed E-state index contributed by atoms with van der Waals surface area (Å²) in [5.74, 6) is 0.0630. The van der Waals surface area contributed by atoms with Crippen LogP contribution in [-0.2, 0) is 7.05 Å². The third-order valence-corrected chi connectivity index (χ3v) is 5.52. The molecule has 1 amide bonds. The van der Waals surface area contributed by atoms with Crippen molar-refractivity contribution in [1.29, 1.82) is 0 Å². The third-order valence-electron chi connectivity index (χ3n) is 5.25. The zero-order chi connectivity index (χ0) is 24.0. The minimum Gasteiger partial charge on any atom is -0.494 e. The van der Waals surface area contributed by atoms with E-state index < -0.39 is 17.9 Å². The van der Waals surface area contributed by atoms with Crippen molar-refractivity contribution in [1.82, 2.24) is 14.9 Å². The van der Waals surface area contributed by atoms with Gasteiger partial charge in [0.1, 0.15) is 22.9 Å². The average Bonchev–Trinajstić information content (AvgIpc) is 3.17. The van der Waals surface area contributed by atoms with Crippen LogP contribution in [0.15, 0.2) is 47.5 Å². The van der Waals surface area contributed by atoms with Crippen LogP contribution in [0, 0.1) is 0 Å². The summed E-state index contributed by atoms with van der Waals surface area (Å²) in [6.45, 7) is 0.434. The number of carboxylic acids is 1. The number of aryl methyl sites for hydroxylation is 1. The molecule has 0 bridgehead atoms. The zero-order valence-corrected chi connectivity index (χ0v) is 19.2. The van der Waals surface area contributed by atoms with E-state index in [0.717, 1.165) is 5.52 Å². The SMILES string of the molecule is COc1cccc2c1nc([C@H](CCCN=C(N)CCl)NC(=O)c1ccccc1C(=O)O)n2C. The summed E-state index contributed by atoms with van der Waals surface area (Å²) in [6, 6.07) is 11.2. The molecule has 4 N–H and O–H groups in total. The number of para-hydroxylation sites is 1. The highest BCUT2D eigenvalue weighted by atomic mass is 35.5. The maximum absolute atomic E-state index is 13.1. The molecule has 0 aliphatic rings. The monoisotopic (exact) mass is 471 g/mol. The fraction of sp³-hybridized carbons (Fsp3) is 0.304. The van der Waals surface area contributed by atoms with Crippen molar-refractivity contribution in [3.05, 3.63) is 59.4 Å². The van der Waals surface area contributed by atoms with Gasteiger partial charge in [-0.25, -0.2) is 9.78 Å². The van der Waals surface area contributed by atoms with E-state index in [1.54, 1.807) is 19.2 Å². The Hall–Kier alpha value is -3.59. The number of methoxy groups -OCH3 is 1. The van der Waals surface area contributed by atoms with E-state index in [4.69, 9.17) is 27.1 Å². The first-order valence-electron chi connectivity index (χ1n) is 10.3. The molecule has 3 rings (SSSR count). The van der Waals surface area contributed by atoms with Gasteiger partial charge in [-0.15, -0.1) is 11.6 Å². The third kappa shape index (κ3) is 5.43. The number of carbonyl (C=O) groups excluding carboxylic acids is 1. The largest absolute Gasteiger partial charge is 0.494 e. The molecule has 0 unspecified atom stereocenters. The second-order valence-corrected chi connectivity index (χ2v) is 7.65. The van der Waals surface area contributed by atoms with Gasteiger partial charge in [0.25, 0.3) is 5.91 Å². The van der Waals surface area contributed by atoms with Crippen LogP contribution in [0.1, 0.15) is 45.4 Å². The topological polar surface area (TPSA) is 132 Å². The summed E-state index contributed by atoms with van der Waals surface area (Å²) in [5.41, 5.74) is 7.20. The van der Waals surface area contributed by atoms with Gasteiger partial charge in [-0.1, -0.05) is 18.2 Å². The Morgan fingerprint density at radius 3 is 2.64 bits per heavy atom. The number of ether oxygens (including phenoxy) is 1. The van der Waals surface area contributed by atoms with Crippen molar-refractivity contribution in [3.8, 4) is 5.75 Å². The lowest BCUT2D eigenvalue weighted by Gasteiger charge is -2.19. The first-order valence-corrected chi connectivity index (χ1v) is 10.9. The van der Waals surface area contributed by atoms with Gasteiger partial charge in [0.15, 0.2) is 0 Å². The van der Waals surface area contributed by atoms with Crippen LogP contribution in [-0.4, -0.2) is 51.9 Å². The number of aromatic carboxylic acids is 1. The van der Waals surface area contributed by atoms with Gasteiger partial charge >= 0.3 is 5.97 Å². The number of carbonyl (C=O) groups is 2. The standard InChI is InChI=1S/C23H26ClN5O4/c1-29-17-10-5-11-18(33-2)20(17)28-21(29)16(9-6-12-26-19(25)13-24)27-22(30)14-7-3-4-8-15(14)23(31)32/h3-5,7-8,10-11,16H,6,9,12-13H2,1-2H3,(H2,25,26)(H,27,30)(H,31,32)/t16-/m0/s1. The Morgan fingerprint density at radius 2 is 1.97 bits per heavy atom. The number of nitrogens with two attached hydrogens (primary N) is 1. The van der Waals surface area contributed by atoms with E-state index in [9.17, 15) is 14.7 Å². The van der Waals surface area contributed by atoms with Crippen molar-refractivity contribution in [2.75, 3.05) is 19.5 Å². The minimum atomic E-state index is -1.17. The number of halogens is 1. The number of imidazole rings is 1.